The molecule has 0 bridgehead atoms. The van der Waals surface area contributed by atoms with E-state index in [0.29, 0.717) is 5.92 Å². The molecule has 0 spiro atoms. The summed E-state index contributed by atoms with van der Waals surface area (Å²) >= 11 is 5.98. The van der Waals surface area contributed by atoms with Gasteiger partial charge in [0.15, 0.2) is 0 Å². The topological polar surface area (TPSA) is 9.23 Å². The molecule has 1 aromatic rings. The summed E-state index contributed by atoms with van der Waals surface area (Å²) in [7, 11) is 0. The van der Waals surface area contributed by atoms with Crippen LogP contribution in [0.15, 0.2) is 24.3 Å². The molecule has 0 N–H and O–H groups in total. The molecule has 2 rings (SSSR count). The fourth-order valence-corrected chi connectivity index (χ4v) is 1.51. The molecule has 0 radical (unpaired) electrons. The minimum absolute atomic E-state index is 0.531. The van der Waals surface area contributed by atoms with E-state index in [0.717, 1.165) is 18.2 Å². The van der Waals surface area contributed by atoms with Crippen LogP contribution in [0.4, 0.5) is 0 Å². The highest BCUT2D eigenvalue weighted by Gasteiger charge is 2.21. The fourth-order valence-electron chi connectivity index (χ4n) is 1.22. The Balaban J connectivity index is 2.28. The minimum atomic E-state index is 0.531. The van der Waals surface area contributed by atoms with Gasteiger partial charge in [0.05, 0.1) is 13.2 Å². The van der Waals surface area contributed by atoms with Crippen molar-refractivity contribution >= 4 is 11.6 Å². The van der Waals surface area contributed by atoms with Gasteiger partial charge in [0.1, 0.15) is 0 Å². The van der Waals surface area contributed by atoms with Crippen LogP contribution in [0.1, 0.15) is 11.5 Å². The maximum Gasteiger partial charge on any atom is 0.0557 e. The molecule has 0 aliphatic carbocycles. The molecule has 11 heavy (non-hydrogen) atoms. The molecule has 1 fully saturated rings. The molecular formula is C9H9ClO. The van der Waals surface area contributed by atoms with Crippen LogP contribution in [-0.2, 0) is 4.74 Å². The van der Waals surface area contributed by atoms with Crippen LogP contribution in [0.2, 0.25) is 5.02 Å². The Labute approximate surface area is 70.9 Å². The summed E-state index contributed by atoms with van der Waals surface area (Å²) in [6, 6.07) is 7.95. The van der Waals surface area contributed by atoms with Crippen molar-refractivity contribution in [3.05, 3.63) is 34.9 Å². The lowest BCUT2D eigenvalue weighted by molar-refractivity contribution is 0.00846. The highest BCUT2D eigenvalue weighted by atomic mass is 35.5. The Bertz CT molecular complexity index is 255. The van der Waals surface area contributed by atoms with Gasteiger partial charge < -0.3 is 4.74 Å². The molecule has 1 aliphatic heterocycles. The highest BCUT2D eigenvalue weighted by Crippen LogP contribution is 2.29. The number of hydrogen-bond donors (Lipinski definition) is 0. The van der Waals surface area contributed by atoms with E-state index in [1.807, 2.05) is 18.2 Å². The zero-order valence-corrected chi connectivity index (χ0v) is 6.84. The summed E-state index contributed by atoms with van der Waals surface area (Å²) in [4.78, 5) is 0. The average molecular weight is 169 g/mol. The lowest BCUT2D eigenvalue weighted by Gasteiger charge is -2.26. The first-order valence-corrected chi connectivity index (χ1v) is 4.08. The van der Waals surface area contributed by atoms with E-state index in [2.05, 4.69) is 6.07 Å². The second-order valence-electron chi connectivity index (χ2n) is 2.76. The van der Waals surface area contributed by atoms with E-state index in [-0.39, 0.29) is 0 Å². The maximum atomic E-state index is 5.98. The molecule has 1 nitrogen and oxygen atoms in total. The van der Waals surface area contributed by atoms with E-state index in [4.69, 9.17) is 16.3 Å². The van der Waals surface area contributed by atoms with Gasteiger partial charge in [-0.25, -0.2) is 0 Å². The first kappa shape index (κ1) is 7.14. The second-order valence-corrected chi connectivity index (χ2v) is 3.16. The van der Waals surface area contributed by atoms with Gasteiger partial charge in [-0.05, 0) is 11.6 Å². The first-order chi connectivity index (χ1) is 5.38. The fraction of sp³-hybridized carbons (Fsp3) is 0.333. The lowest BCUT2D eigenvalue weighted by Crippen LogP contribution is -2.25. The Morgan fingerprint density at radius 2 is 2.00 bits per heavy atom. The van der Waals surface area contributed by atoms with Crippen molar-refractivity contribution in [2.45, 2.75) is 5.92 Å². The highest BCUT2D eigenvalue weighted by molar-refractivity contribution is 6.31. The van der Waals surface area contributed by atoms with Crippen molar-refractivity contribution in [1.82, 2.24) is 0 Å². The first-order valence-electron chi connectivity index (χ1n) is 3.70. The number of benzene rings is 1. The predicted octanol–water partition coefficient (Wildman–Crippen LogP) is 2.45. The third kappa shape index (κ3) is 1.26. The smallest absolute Gasteiger partial charge is 0.0557 e. The van der Waals surface area contributed by atoms with E-state index < -0.39 is 0 Å². The van der Waals surface area contributed by atoms with Crippen molar-refractivity contribution in [2.24, 2.45) is 0 Å². The Morgan fingerprint density at radius 1 is 1.27 bits per heavy atom. The van der Waals surface area contributed by atoms with E-state index in [9.17, 15) is 0 Å². The maximum absolute atomic E-state index is 5.98. The van der Waals surface area contributed by atoms with Crippen LogP contribution < -0.4 is 0 Å². The average Bonchev–Trinajstić information content (AvgIpc) is 1.90. The van der Waals surface area contributed by atoms with Crippen LogP contribution in [0.25, 0.3) is 0 Å². The largest absolute Gasteiger partial charge is 0.380 e. The minimum Gasteiger partial charge on any atom is -0.380 e. The zero-order chi connectivity index (χ0) is 7.68. The molecule has 0 saturated carbocycles. The molecule has 1 aliphatic rings. The summed E-state index contributed by atoms with van der Waals surface area (Å²) in [5.74, 6) is 0.531. The summed E-state index contributed by atoms with van der Waals surface area (Å²) < 4.78 is 5.09. The number of halogens is 1. The lowest BCUT2D eigenvalue weighted by atomic mass is 9.98. The van der Waals surface area contributed by atoms with Gasteiger partial charge in [-0.2, -0.15) is 0 Å². The third-order valence-corrected chi connectivity index (χ3v) is 2.33. The molecule has 1 aromatic carbocycles. The van der Waals surface area contributed by atoms with E-state index in [1.54, 1.807) is 0 Å². The van der Waals surface area contributed by atoms with Crippen molar-refractivity contribution in [1.29, 1.82) is 0 Å². The van der Waals surface area contributed by atoms with Crippen molar-refractivity contribution < 1.29 is 4.74 Å². The Hall–Kier alpha value is -0.530. The van der Waals surface area contributed by atoms with E-state index >= 15 is 0 Å². The van der Waals surface area contributed by atoms with Crippen LogP contribution in [0, 0.1) is 0 Å². The van der Waals surface area contributed by atoms with Gasteiger partial charge in [0.2, 0.25) is 0 Å². The molecule has 0 amide bonds. The van der Waals surface area contributed by atoms with Gasteiger partial charge in [-0.15, -0.1) is 0 Å². The van der Waals surface area contributed by atoms with Crippen molar-refractivity contribution in [3.63, 3.8) is 0 Å². The molecule has 2 heteroatoms. The van der Waals surface area contributed by atoms with Gasteiger partial charge in [0.25, 0.3) is 0 Å². The van der Waals surface area contributed by atoms with Crippen molar-refractivity contribution in [3.8, 4) is 0 Å². The zero-order valence-electron chi connectivity index (χ0n) is 6.09. The SMILES string of the molecule is Clc1ccccc1C1COC1. The number of ether oxygens (including phenoxy) is 1. The molecule has 0 atom stereocenters. The normalized spacial score (nSPS) is 17.9. The summed E-state index contributed by atoms with van der Waals surface area (Å²) in [5.41, 5.74) is 1.22. The quantitative estimate of drug-likeness (QED) is 0.626. The van der Waals surface area contributed by atoms with E-state index in [1.165, 1.54) is 5.56 Å². The monoisotopic (exact) mass is 168 g/mol. The van der Waals surface area contributed by atoms with Crippen LogP contribution >= 0.6 is 11.6 Å². The number of rotatable bonds is 1. The second kappa shape index (κ2) is 2.84. The van der Waals surface area contributed by atoms with Gasteiger partial charge >= 0.3 is 0 Å². The molecule has 1 heterocycles. The molecule has 1 saturated heterocycles. The van der Waals surface area contributed by atoms with Crippen LogP contribution in [0.3, 0.4) is 0 Å². The predicted molar refractivity (Wildman–Crippen MR) is 45.0 cm³/mol. The van der Waals surface area contributed by atoms with Crippen LogP contribution in [-0.4, -0.2) is 13.2 Å². The summed E-state index contributed by atoms with van der Waals surface area (Å²) in [6.07, 6.45) is 0. The summed E-state index contributed by atoms with van der Waals surface area (Å²) in [6.45, 7) is 1.65. The van der Waals surface area contributed by atoms with Gasteiger partial charge in [0, 0.05) is 10.9 Å². The molecule has 58 valence electrons. The Morgan fingerprint density at radius 3 is 2.55 bits per heavy atom. The molecule has 0 aromatic heterocycles. The van der Waals surface area contributed by atoms with Gasteiger partial charge in [-0.3, -0.25) is 0 Å². The molecular weight excluding hydrogens is 160 g/mol. The third-order valence-electron chi connectivity index (χ3n) is 1.98. The number of hydrogen-bond acceptors (Lipinski definition) is 1. The molecule has 0 unspecified atom stereocenters. The summed E-state index contributed by atoms with van der Waals surface area (Å²) in [5, 5.41) is 0.862. The van der Waals surface area contributed by atoms with Crippen LogP contribution in [0.5, 0.6) is 0 Å². The Kier molecular flexibility index (Phi) is 1.84. The van der Waals surface area contributed by atoms with Crippen molar-refractivity contribution in [2.75, 3.05) is 13.2 Å². The van der Waals surface area contributed by atoms with Gasteiger partial charge in [-0.1, -0.05) is 29.8 Å². The standard InChI is InChI=1S/C9H9ClO/c10-9-4-2-1-3-8(9)7-5-11-6-7/h1-4,7H,5-6H2.